The second-order valence-electron chi connectivity index (χ2n) is 7.66. The van der Waals surface area contributed by atoms with Crippen molar-refractivity contribution in [1.29, 1.82) is 0 Å². The van der Waals surface area contributed by atoms with Crippen LogP contribution in [0.2, 0.25) is 0 Å². The van der Waals surface area contributed by atoms with E-state index in [2.05, 4.69) is 43.8 Å². The molecule has 0 spiro atoms. The summed E-state index contributed by atoms with van der Waals surface area (Å²) in [5.74, 6) is 1.34. The van der Waals surface area contributed by atoms with Crippen molar-refractivity contribution in [2.75, 3.05) is 11.4 Å². The minimum Gasteiger partial charge on any atom is -0.347 e. The molecule has 4 atom stereocenters. The second kappa shape index (κ2) is 6.45. The lowest BCUT2D eigenvalue weighted by Crippen LogP contribution is -2.48. The van der Waals surface area contributed by atoms with Crippen molar-refractivity contribution < 1.29 is 4.74 Å². The highest BCUT2D eigenvalue weighted by Gasteiger charge is 2.62. The molecule has 0 saturated carbocycles. The van der Waals surface area contributed by atoms with Crippen LogP contribution < -0.4 is 10.6 Å². The quantitative estimate of drug-likeness (QED) is 0.649. The molecule has 0 N–H and O–H groups in total. The van der Waals surface area contributed by atoms with Crippen molar-refractivity contribution in [3.05, 3.63) is 53.4 Å². The van der Waals surface area contributed by atoms with Crippen molar-refractivity contribution in [3.63, 3.8) is 0 Å². The van der Waals surface area contributed by atoms with Gasteiger partial charge in [0.2, 0.25) is 5.95 Å². The van der Waals surface area contributed by atoms with E-state index < -0.39 is 6.23 Å². The third kappa shape index (κ3) is 2.59. The Kier molecular flexibility index (Phi) is 3.98. The van der Waals surface area contributed by atoms with Gasteiger partial charge in [-0.25, -0.2) is 24.4 Å². The van der Waals surface area contributed by atoms with E-state index >= 15 is 0 Å². The number of hydrogen-bond acceptors (Lipinski definition) is 8. The van der Waals surface area contributed by atoms with Gasteiger partial charge in [0.15, 0.2) is 12.0 Å². The number of anilines is 1. The van der Waals surface area contributed by atoms with Gasteiger partial charge in [0.25, 0.3) is 0 Å². The van der Waals surface area contributed by atoms with Gasteiger partial charge >= 0.3 is 5.69 Å². The molecule has 2 aliphatic heterocycles. The molecule has 3 aromatic heterocycles. The molecule has 10 heteroatoms. The van der Waals surface area contributed by atoms with Gasteiger partial charge < -0.3 is 9.64 Å². The summed E-state index contributed by atoms with van der Waals surface area (Å²) in [5.41, 5.74) is 0.0696. The molecule has 0 unspecified atom stereocenters. The Bertz CT molecular complexity index is 1080. The highest BCUT2D eigenvalue weighted by Crippen LogP contribution is 2.52. The van der Waals surface area contributed by atoms with Crippen molar-refractivity contribution in [3.8, 4) is 5.82 Å². The van der Waals surface area contributed by atoms with Crippen LogP contribution in [-0.4, -0.2) is 52.5 Å². The van der Waals surface area contributed by atoms with Crippen molar-refractivity contribution in [2.45, 2.75) is 45.1 Å². The molecular formula is C19H22N8O2. The van der Waals surface area contributed by atoms with Crippen LogP contribution in [0.4, 0.5) is 5.95 Å². The van der Waals surface area contributed by atoms with E-state index in [-0.39, 0.29) is 23.3 Å². The zero-order chi connectivity index (χ0) is 20.2. The van der Waals surface area contributed by atoms with Crippen LogP contribution in [0.1, 0.15) is 32.1 Å². The number of ether oxygens (including phenoxy) is 1. The fourth-order valence-corrected chi connectivity index (χ4v) is 4.65. The molecule has 0 aliphatic carbocycles. The zero-order valence-corrected chi connectivity index (χ0v) is 16.5. The Morgan fingerprint density at radius 1 is 1.31 bits per heavy atom. The molecule has 0 aromatic carbocycles. The number of aromatic nitrogens is 7. The van der Waals surface area contributed by atoms with Crippen LogP contribution in [0.15, 0.2) is 42.1 Å². The molecule has 5 rings (SSSR count). The van der Waals surface area contributed by atoms with E-state index in [1.165, 1.54) is 17.3 Å². The molecule has 150 valence electrons. The molecule has 10 nitrogen and oxygen atoms in total. The molecule has 0 radical (unpaired) electrons. The maximum atomic E-state index is 13.0. The number of fused-ring (bicyclic) bond motifs is 2. The lowest BCUT2D eigenvalue weighted by molar-refractivity contribution is -0.0952. The van der Waals surface area contributed by atoms with Gasteiger partial charge in [-0.1, -0.05) is 13.8 Å². The standard InChI is InChI=1S/C19H22N8O2/c1-4-19-9-26(17-21-6-5-7-22-17)14(13(19)3)16(29-19)25-8-12(2)15(24-18(25)28)27-11-20-10-23-27/h5-8,10-11,13-14,16H,4,9H2,1-3H3/t13-,14+,16+,19-/m0/s1. The molecule has 3 aromatic rings. The molecule has 2 saturated heterocycles. The summed E-state index contributed by atoms with van der Waals surface area (Å²) in [6, 6.07) is 1.74. The first-order valence-electron chi connectivity index (χ1n) is 9.70. The van der Waals surface area contributed by atoms with Crippen LogP contribution in [0.5, 0.6) is 0 Å². The number of hydrogen-bond donors (Lipinski definition) is 0. The van der Waals surface area contributed by atoms with Gasteiger partial charge in [0.05, 0.1) is 18.2 Å². The summed E-state index contributed by atoms with van der Waals surface area (Å²) in [7, 11) is 0. The fourth-order valence-electron chi connectivity index (χ4n) is 4.65. The predicted octanol–water partition coefficient (Wildman–Crippen LogP) is 1.12. The van der Waals surface area contributed by atoms with Crippen LogP contribution in [0.3, 0.4) is 0 Å². The van der Waals surface area contributed by atoms with Gasteiger partial charge in [0, 0.05) is 30.1 Å². The second-order valence-corrected chi connectivity index (χ2v) is 7.66. The summed E-state index contributed by atoms with van der Waals surface area (Å²) in [5, 5.41) is 4.08. The maximum absolute atomic E-state index is 13.0. The lowest BCUT2D eigenvalue weighted by Gasteiger charge is -2.37. The maximum Gasteiger partial charge on any atom is 0.351 e. The molecule has 2 aliphatic rings. The van der Waals surface area contributed by atoms with Gasteiger partial charge in [-0.15, -0.1) is 0 Å². The first-order chi connectivity index (χ1) is 14.0. The monoisotopic (exact) mass is 394 g/mol. The first-order valence-corrected chi connectivity index (χ1v) is 9.70. The third-order valence-corrected chi connectivity index (χ3v) is 6.21. The molecule has 5 heterocycles. The summed E-state index contributed by atoms with van der Waals surface area (Å²) in [4.78, 5) is 32.2. The van der Waals surface area contributed by atoms with Gasteiger partial charge in [-0.3, -0.25) is 4.57 Å². The normalized spacial score (nSPS) is 28.2. The van der Waals surface area contributed by atoms with E-state index in [1.807, 2.05) is 6.92 Å². The van der Waals surface area contributed by atoms with Crippen molar-refractivity contribution in [1.82, 2.24) is 34.3 Å². The number of rotatable bonds is 4. The third-order valence-electron chi connectivity index (χ3n) is 6.21. The van der Waals surface area contributed by atoms with Crippen LogP contribution >= 0.6 is 0 Å². The van der Waals surface area contributed by atoms with Gasteiger partial charge in [-0.2, -0.15) is 10.1 Å². The lowest BCUT2D eigenvalue weighted by atomic mass is 9.88. The highest BCUT2D eigenvalue weighted by atomic mass is 16.5. The molecule has 29 heavy (non-hydrogen) atoms. The SMILES string of the molecule is CC[C@@]12CN(c3ncccn3)[C@@H]([C@H](n3cc(C)c(-n4cncn4)nc3=O)O1)[C@@H]2C. The minimum absolute atomic E-state index is 0.0616. The van der Waals surface area contributed by atoms with E-state index in [0.29, 0.717) is 18.3 Å². The minimum atomic E-state index is -0.467. The Labute approximate surface area is 167 Å². The van der Waals surface area contributed by atoms with Crippen molar-refractivity contribution in [2.24, 2.45) is 5.92 Å². The summed E-state index contributed by atoms with van der Waals surface area (Å²) < 4.78 is 9.58. The Hall–Kier alpha value is -3.14. The molecule has 2 fully saturated rings. The van der Waals surface area contributed by atoms with E-state index in [4.69, 9.17) is 4.74 Å². The smallest absolute Gasteiger partial charge is 0.347 e. The summed E-state index contributed by atoms with van der Waals surface area (Å²) in [6.07, 6.45) is 8.56. The van der Waals surface area contributed by atoms with Crippen LogP contribution in [0.25, 0.3) is 5.82 Å². The predicted molar refractivity (Wildman–Crippen MR) is 104 cm³/mol. The van der Waals surface area contributed by atoms with E-state index in [1.54, 1.807) is 29.2 Å². The average Bonchev–Trinajstić information content (AvgIpc) is 3.44. The van der Waals surface area contributed by atoms with Gasteiger partial charge in [-0.05, 0) is 19.4 Å². The Morgan fingerprint density at radius 2 is 2.10 bits per heavy atom. The summed E-state index contributed by atoms with van der Waals surface area (Å²) in [6.45, 7) is 6.88. The van der Waals surface area contributed by atoms with Crippen LogP contribution in [0, 0.1) is 12.8 Å². The van der Waals surface area contributed by atoms with E-state index in [9.17, 15) is 4.79 Å². The van der Waals surface area contributed by atoms with Crippen molar-refractivity contribution >= 4 is 5.95 Å². The zero-order valence-electron chi connectivity index (χ0n) is 16.5. The molecular weight excluding hydrogens is 372 g/mol. The molecule has 2 bridgehead atoms. The molecule has 0 amide bonds. The first kappa shape index (κ1) is 17.9. The highest BCUT2D eigenvalue weighted by molar-refractivity contribution is 5.39. The number of nitrogens with zero attached hydrogens (tertiary/aromatic N) is 8. The topological polar surface area (TPSA) is 104 Å². The van der Waals surface area contributed by atoms with Crippen LogP contribution in [-0.2, 0) is 4.74 Å². The number of aryl methyl sites for hydroxylation is 1. The fraction of sp³-hybridized carbons (Fsp3) is 0.474. The Morgan fingerprint density at radius 3 is 2.76 bits per heavy atom. The summed E-state index contributed by atoms with van der Waals surface area (Å²) >= 11 is 0. The van der Waals surface area contributed by atoms with E-state index in [0.717, 1.165) is 12.0 Å². The largest absolute Gasteiger partial charge is 0.351 e. The Balaban J connectivity index is 1.58. The average molecular weight is 394 g/mol. The van der Waals surface area contributed by atoms with Gasteiger partial charge in [0.1, 0.15) is 12.7 Å². The number of morpholine rings is 1.